The highest BCUT2D eigenvalue weighted by Gasteiger charge is 2.28. The van der Waals surface area contributed by atoms with Gasteiger partial charge in [-0.25, -0.2) is 9.98 Å². The molecule has 6 N–H and O–H groups in total. The number of carbonyl (C=O) groups is 2. The van der Waals surface area contributed by atoms with Gasteiger partial charge in [0.2, 0.25) is 0 Å². The molecule has 0 amide bonds. The van der Waals surface area contributed by atoms with Crippen LogP contribution in [0.25, 0.3) is 12.2 Å². The van der Waals surface area contributed by atoms with Crippen molar-refractivity contribution in [2.75, 3.05) is 5.32 Å². The molecule has 0 aromatic carbocycles. The Balaban J connectivity index is 1.73. The molecule has 0 saturated carbocycles. The molecule has 0 fully saturated rings. The van der Waals surface area contributed by atoms with Crippen molar-refractivity contribution in [2.45, 2.75) is 80.1 Å². The molecule has 42 heavy (non-hydrogen) atoms. The van der Waals surface area contributed by atoms with Gasteiger partial charge in [-0.3, -0.25) is 9.59 Å². The average Bonchev–Trinajstić information content (AvgIpc) is 3.59. The highest BCUT2D eigenvalue weighted by molar-refractivity contribution is 6.18. The van der Waals surface area contributed by atoms with Gasteiger partial charge in [-0.2, -0.15) is 0 Å². The first-order valence-corrected chi connectivity index (χ1v) is 14.4. The third-order valence-electron chi connectivity index (χ3n) is 8.47. The molecule has 2 aromatic heterocycles. The first kappa shape index (κ1) is 28.9. The molecule has 0 spiro atoms. The monoisotopic (exact) mass is 570 g/mol. The van der Waals surface area contributed by atoms with E-state index in [0.717, 1.165) is 80.7 Å². The van der Waals surface area contributed by atoms with E-state index < -0.39 is 11.9 Å². The first-order valence-electron chi connectivity index (χ1n) is 14.4. The van der Waals surface area contributed by atoms with Gasteiger partial charge in [-0.1, -0.05) is 13.8 Å². The lowest BCUT2D eigenvalue weighted by atomic mass is 10.0. The lowest BCUT2D eigenvalue weighted by Gasteiger charge is -2.12. The minimum Gasteiger partial charge on any atom is -0.481 e. The molecular formula is C32H38N6O4. The Morgan fingerprint density at radius 3 is 1.69 bits per heavy atom. The van der Waals surface area contributed by atoms with Crippen LogP contribution in [-0.2, 0) is 22.4 Å². The maximum Gasteiger partial charge on any atom is 0.303 e. The predicted octanol–water partition coefficient (Wildman–Crippen LogP) is 6.30. The summed E-state index contributed by atoms with van der Waals surface area (Å²) in [7, 11) is 0. The largest absolute Gasteiger partial charge is 0.481 e. The summed E-state index contributed by atoms with van der Waals surface area (Å²) in [6.07, 6.45) is 6.21. The van der Waals surface area contributed by atoms with E-state index in [1.54, 1.807) is 0 Å². The molecule has 0 aliphatic carbocycles. The molecule has 2 aromatic rings. The van der Waals surface area contributed by atoms with Crippen molar-refractivity contribution in [2.24, 2.45) is 9.98 Å². The third-order valence-corrected chi connectivity index (χ3v) is 8.47. The van der Waals surface area contributed by atoms with E-state index in [2.05, 4.69) is 48.3 Å². The van der Waals surface area contributed by atoms with Crippen LogP contribution in [0.3, 0.4) is 0 Å². The van der Waals surface area contributed by atoms with E-state index in [-0.39, 0.29) is 12.8 Å². The number of amidine groups is 2. The summed E-state index contributed by atoms with van der Waals surface area (Å²) >= 11 is 0. The molecule has 5 heterocycles. The number of aromatic nitrogens is 2. The Bertz CT molecular complexity index is 1690. The van der Waals surface area contributed by atoms with E-state index in [4.69, 9.17) is 9.98 Å². The number of hydrogen-bond donors (Lipinski definition) is 6. The highest BCUT2D eigenvalue weighted by atomic mass is 16.4. The third kappa shape index (κ3) is 5.24. The molecule has 10 heteroatoms. The van der Waals surface area contributed by atoms with Crippen LogP contribution in [0.4, 0.5) is 11.6 Å². The molecule has 3 aliphatic heterocycles. The quantitative estimate of drug-likeness (QED) is 0.219. The van der Waals surface area contributed by atoms with E-state index in [1.165, 1.54) is 11.1 Å². The lowest BCUT2D eigenvalue weighted by Crippen LogP contribution is -2.32. The molecular weight excluding hydrogens is 532 g/mol. The predicted molar refractivity (Wildman–Crippen MR) is 166 cm³/mol. The fraction of sp³-hybridized carbons (Fsp3) is 0.375. The Morgan fingerprint density at radius 1 is 0.690 bits per heavy atom. The number of carboxylic acid groups (broad SMARTS) is 2. The van der Waals surface area contributed by atoms with Crippen molar-refractivity contribution in [1.29, 1.82) is 0 Å². The molecule has 0 saturated heterocycles. The second kappa shape index (κ2) is 11.3. The van der Waals surface area contributed by atoms with Crippen LogP contribution < -0.4 is 10.6 Å². The molecule has 0 radical (unpaired) electrons. The van der Waals surface area contributed by atoms with Gasteiger partial charge in [-0.15, -0.1) is 0 Å². The second-order valence-electron chi connectivity index (χ2n) is 11.0. The summed E-state index contributed by atoms with van der Waals surface area (Å²) in [5.41, 5.74) is 11.3. The van der Waals surface area contributed by atoms with Crippen molar-refractivity contribution in [1.82, 2.24) is 15.3 Å². The van der Waals surface area contributed by atoms with Crippen molar-refractivity contribution in [3.05, 3.63) is 67.3 Å². The molecule has 8 bridgehead atoms. The van der Waals surface area contributed by atoms with E-state index in [1.807, 2.05) is 26.0 Å². The van der Waals surface area contributed by atoms with Crippen LogP contribution in [0.5, 0.6) is 0 Å². The van der Waals surface area contributed by atoms with Crippen molar-refractivity contribution >= 4 is 47.4 Å². The molecule has 5 rings (SSSR count). The summed E-state index contributed by atoms with van der Waals surface area (Å²) in [6, 6.07) is 0. The zero-order valence-corrected chi connectivity index (χ0v) is 25.0. The van der Waals surface area contributed by atoms with Crippen LogP contribution in [0.2, 0.25) is 0 Å². The minimum absolute atomic E-state index is 0.0388. The van der Waals surface area contributed by atoms with Crippen LogP contribution in [0.1, 0.15) is 87.0 Å². The average molecular weight is 571 g/mol. The molecule has 0 atom stereocenters. The number of carboxylic acids is 2. The molecule has 10 nitrogen and oxygen atoms in total. The van der Waals surface area contributed by atoms with Crippen LogP contribution in [-0.4, -0.2) is 43.8 Å². The summed E-state index contributed by atoms with van der Waals surface area (Å²) in [5.74, 6) is 1.13. The van der Waals surface area contributed by atoms with Gasteiger partial charge in [0.05, 0.1) is 11.4 Å². The Morgan fingerprint density at radius 2 is 1.19 bits per heavy atom. The fourth-order valence-corrected chi connectivity index (χ4v) is 5.99. The first-order chi connectivity index (χ1) is 20.0. The standard InChI is InChI=1S/C32H38N6O4/c1-7-19-18(6)29-36-26(19)14-25-17(5)22(10-12-28(41)42)32(35-25)38-31-21(9-11-27(39)40)16(4)24(34-31)13-23-15(3)20(8-2)30(33-23)37-29/h13-14,33,36-37H,7-12H2,1-6H3,(H,39,40)(H,41,42)(H,34,35,38). The normalized spacial score (nSPS) is 16.1. The van der Waals surface area contributed by atoms with E-state index in [9.17, 15) is 19.8 Å². The molecule has 0 unspecified atom stereocenters. The van der Waals surface area contributed by atoms with Gasteiger partial charge in [-0.05, 0) is 98.9 Å². The number of rotatable bonds is 8. The van der Waals surface area contributed by atoms with Crippen LogP contribution in [0.15, 0.2) is 43.7 Å². The zero-order valence-electron chi connectivity index (χ0n) is 25.0. The second-order valence-corrected chi connectivity index (χ2v) is 11.0. The zero-order chi connectivity index (χ0) is 30.3. The number of allylic oxidation sites excluding steroid dienone is 2. The van der Waals surface area contributed by atoms with Gasteiger partial charge in [0.25, 0.3) is 0 Å². The van der Waals surface area contributed by atoms with Crippen molar-refractivity contribution in [3.8, 4) is 0 Å². The molecule has 220 valence electrons. The number of fused-ring (bicyclic) bond motifs is 6. The van der Waals surface area contributed by atoms with Crippen molar-refractivity contribution in [3.63, 3.8) is 0 Å². The topological polar surface area (TPSA) is 155 Å². The van der Waals surface area contributed by atoms with Crippen LogP contribution >= 0.6 is 0 Å². The van der Waals surface area contributed by atoms with E-state index in [0.29, 0.717) is 24.5 Å². The van der Waals surface area contributed by atoms with Gasteiger partial charge in [0.1, 0.15) is 23.3 Å². The van der Waals surface area contributed by atoms with Gasteiger partial charge in [0, 0.05) is 35.4 Å². The van der Waals surface area contributed by atoms with E-state index >= 15 is 0 Å². The number of hydrogen-bond acceptors (Lipinski definition) is 6. The molecule has 3 aliphatic rings. The maximum absolute atomic E-state index is 11.5. The van der Waals surface area contributed by atoms with Crippen molar-refractivity contribution < 1.29 is 19.8 Å². The summed E-state index contributed by atoms with van der Waals surface area (Å²) in [4.78, 5) is 40.1. The smallest absolute Gasteiger partial charge is 0.303 e. The Hall–Kier alpha value is -4.60. The van der Waals surface area contributed by atoms with Crippen LogP contribution in [0, 0.1) is 13.8 Å². The van der Waals surface area contributed by atoms with Gasteiger partial charge >= 0.3 is 11.9 Å². The van der Waals surface area contributed by atoms with Gasteiger partial charge in [0.15, 0.2) is 0 Å². The number of nitrogens with one attached hydrogen (secondary N) is 4. The number of H-pyrrole nitrogens is 2. The summed E-state index contributed by atoms with van der Waals surface area (Å²) in [6.45, 7) is 12.4. The Labute approximate surface area is 245 Å². The SMILES string of the molecule is CCc1c2[nH]c(c1C)Nc1[nH]c(c(C)c1CC)C=C1N=C(NC3=NC(=C2)C(C)=C3CCC(=O)O)C(CCC(=O)O)=C1C. The minimum atomic E-state index is -0.887. The highest BCUT2D eigenvalue weighted by Crippen LogP contribution is 2.36. The lowest BCUT2D eigenvalue weighted by molar-refractivity contribution is -0.137. The summed E-state index contributed by atoms with van der Waals surface area (Å²) in [5, 5.41) is 25.9. The number of anilines is 2. The summed E-state index contributed by atoms with van der Waals surface area (Å²) < 4.78 is 0. The number of aromatic amines is 2. The number of nitrogens with zero attached hydrogens (tertiary/aromatic N) is 2. The maximum atomic E-state index is 11.5. The number of aliphatic imine (C=N–C) groups is 2. The fourth-order valence-electron chi connectivity index (χ4n) is 5.99. The Kier molecular flexibility index (Phi) is 7.81. The van der Waals surface area contributed by atoms with Gasteiger partial charge < -0.3 is 30.8 Å². The number of aliphatic carboxylic acids is 2.